The zero-order chi connectivity index (χ0) is 22.7. The molecule has 0 N–H and O–H groups in total. The number of hydrogen-bond acceptors (Lipinski definition) is 3. The first-order valence-corrected chi connectivity index (χ1v) is 11.4. The molecule has 1 fully saturated rings. The minimum atomic E-state index is -0.177. The van der Waals surface area contributed by atoms with Gasteiger partial charge in [0.05, 0.1) is 6.20 Å². The maximum Gasteiger partial charge on any atom is 0.222 e. The van der Waals surface area contributed by atoms with Crippen LogP contribution in [0.25, 0.3) is 11.1 Å². The monoisotopic (exact) mass is 434 g/mol. The van der Waals surface area contributed by atoms with Gasteiger partial charge in [0.1, 0.15) is 5.82 Å². The van der Waals surface area contributed by atoms with Gasteiger partial charge in [0.25, 0.3) is 0 Å². The average molecular weight is 435 g/mol. The Morgan fingerprint density at radius 2 is 1.91 bits per heavy atom. The van der Waals surface area contributed by atoms with Crippen LogP contribution in [0.5, 0.6) is 0 Å². The quantitative estimate of drug-likeness (QED) is 0.551. The summed E-state index contributed by atoms with van der Waals surface area (Å²) in [4.78, 5) is 19.5. The molecule has 0 atom stereocenters. The van der Waals surface area contributed by atoms with Crippen LogP contribution in [0.2, 0.25) is 0 Å². The third kappa shape index (κ3) is 5.23. The minimum absolute atomic E-state index is 0.177. The van der Waals surface area contributed by atoms with Gasteiger partial charge in [0.2, 0.25) is 5.91 Å². The second kappa shape index (κ2) is 9.63. The summed E-state index contributed by atoms with van der Waals surface area (Å²) in [7, 11) is 1.92. The normalized spacial score (nSPS) is 14.7. The Morgan fingerprint density at radius 1 is 1.12 bits per heavy atom. The van der Waals surface area contributed by atoms with Gasteiger partial charge in [-0.2, -0.15) is 5.10 Å². The molecule has 168 valence electrons. The number of aromatic nitrogens is 3. The topological polar surface area (TPSA) is 51.0 Å². The van der Waals surface area contributed by atoms with Crippen LogP contribution in [0.1, 0.15) is 54.1 Å². The number of hydrogen-bond donors (Lipinski definition) is 0. The Labute approximate surface area is 189 Å². The summed E-state index contributed by atoms with van der Waals surface area (Å²) in [6.45, 7) is 5.36. The molecule has 1 aromatic carbocycles. The molecule has 3 heterocycles. The van der Waals surface area contributed by atoms with Crippen LogP contribution in [-0.4, -0.2) is 38.7 Å². The van der Waals surface area contributed by atoms with Crippen molar-refractivity contribution in [2.45, 2.75) is 51.9 Å². The van der Waals surface area contributed by atoms with Gasteiger partial charge in [0.15, 0.2) is 0 Å². The molecule has 1 aliphatic rings. The highest BCUT2D eigenvalue weighted by atomic mass is 19.1. The standard InChI is InChI=1S/C26H31FN4O/c1-18-13-20(7-8-24(18)27)5-4-6-26(32)31-11-9-21(10-12-31)25-15-22(14-19(2)29-25)23-16-28-30(3)17-23/h7-8,13-17,21H,4-6,9-12H2,1-3H3. The fourth-order valence-corrected chi connectivity index (χ4v) is 4.53. The number of piperidine rings is 1. The Balaban J connectivity index is 1.30. The van der Waals surface area contributed by atoms with Gasteiger partial charge in [-0.25, -0.2) is 4.39 Å². The lowest BCUT2D eigenvalue weighted by molar-refractivity contribution is -0.132. The molecule has 5 nitrogen and oxygen atoms in total. The summed E-state index contributed by atoms with van der Waals surface area (Å²) >= 11 is 0. The molecule has 0 bridgehead atoms. The molecule has 2 aromatic heterocycles. The number of benzene rings is 1. The third-order valence-corrected chi connectivity index (χ3v) is 6.36. The Hall–Kier alpha value is -3.02. The van der Waals surface area contributed by atoms with E-state index in [0.717, 1.165) is 66.9 Å². The van der Waals surface area contributed by atoms with Crippen molar-refractivity contribution in [3.05, 3.63) is 71.1 Å². The van der Waals surface area contributed by atoms with Gasteiger partial charge in [0, 0.05) is 55.6 Å². The Morgan fingerprint density at radius 3 is 2.59 bits per heavy atom. The van der Waals surface area contributed by atoms with Crippen molar-refractivity contribution in [1.29, 1.82) is 0 Å². The lowest BCUT2D eigenvalue weighted by Gasteiger charge is -2.32. The van der Waals surface area contributed by atoms with E-state index in [-0.39, 0.29) is 11.7 Å². The number of aryl methyl sites for hydroxylation is 4. The van der Waals surface area contributed by atoms with Crippen molar-refractivity contribution in [2.75, 3.05) is 13.1 Å². The van der Waals surface area contributed by atoms with E-state index in [0.29, 0.717) is 17.9 Å². The van der Waals surface area contributed by atoms with Crippen LogP contribution >= 0.6 is 0 Å². The van der Waals surface area contributed by atoms with Crippen molar-refractivity contribution in [3.8, 4) is 11.1 Å². The SMILES string of the molecule is Cc1cc(-c2cnn(C)c2)cc(C2CCN(C(=O)CCCc3ccc(F)c(C)c3)CC2)n1. The van der Waals surface area contributed by atoms with Crippen LogP contribution in [0.4, 0.5) is 4.39 Å². The van der Waals surface area contributed by atoms with Crippen molar-refractivity contribution in [3.63, 3.8) is 0 Å². The van der Waals surface area contributed by atoms with E-state index in [1.165, 1.54) is 6.07 Å². The summed E-state index contributed by atoms with van der Waals surface area (Å²) in [6, 6.07) is 9.47. The number of likely N-dealkylation sites (tertiary alicyclic amines) is 1. The molecule has 0 saturated carbocycles. The molecular weight excluding hydrogens is 403 g/mol. The maximum absolute atomic E-state index is 13.4. The summed E-state index contributed by atoms with van der Waals surface area (Å²) in [5.41, 5.74) is 6.12. The predicted octanol–water partition coefficient (Wildman–Crippen LogP) is 4.97. The molecular formula is C26H31FN4O. The molecule has 3 aromatic rings. The number of carbonyl (C=O) groups excluding carboxylic acids is 1. The predicted molar refractivity (Wildman–Crippen MR) is 124 cm³/mol. The fourth-order valence-electron chi connectivity index (χ4n) is 4.53. The smallest absolute Gasteiger partial charge is 0.222 e. The van der Waals surface area contributed by atoms with Gasteiger partial charge in [-0.15, -0.1) is 0 Å². The second-order valence-electron chi connectivity index (χ2n) is 8.92. The second-order valence-corrected chi connectivity index (χ2v) is 8.92. The highest BCUT2D eigenvalue weighted by Crippen LogP contribution is 2.30. The molecule has 0 spiro atoms. The van der Waals surface area contributed by atoms with Crippen LogP contribution in [0.15, 0.2) is 42.7 Å². The van der Waals surface area contributed by atoms with E-state index < -0.39 is 0 Å². The molecule has 32 heavy (non-hydrogen) atoms. The van der Waals surface area contributed by atoms with E-state index in [2.05, 4.69) is 17.2 Å². The first-order chi connectivity index (χ1) is 15.4. The van der Waals surface area contributed by atoms with Gasteiger partial charge < -0.3 is 4.90 Å². The van der Waals surface area contributed by atoms with E-state index in [4.69, 9.17) is 4.98 Å². The third-order valence-electron chi connectivity index (χ3n) is 6.36. The number of pyridine rings is 1. The van der Waals surface area contributed by atoms with Gasteiger partial charge in [-0.1, -0.05) is 12.1 Å². The number of carbonyl (C=O) groups is 1. The largest absolute Gasteiger partial charge is 0.343 e. The highest BCUT2D eigenvalue weighted by molar-refractivity contribution is 5.76. The molecule has 0 aliphatic carbocycles. The minimum Gasteiger partial charge on any atom is -0.343 e. The van der Waals surface area contributed by atoms with Crippen LogP contribution in [0.3, 0.4) is 0 Å². The highest BCUT2D eigenvalue weighted by Gasteiger charge is 2.25. The summed E-state index contributed by atoms with van der Waals surface area (Å²) in [6.07, 6.45) is 7.90. The van der Waals surface area contributed by atoms with Crippen molar-refractivity contribution < 1.29 is 9.18 Å². The molecule has 4 rings (SSSR count). The zero-order valence-electron chi connectivity index (χ0n) is 19.1. The van der Waals surface area contributed by atoms with Crippen molar-refractivity contribution in [2.24, 2.45) is 7.05 Å². The molecule has 6 heteroatoms. The van der Waals surface area contributed by atoms with E-state index in [1.807, 2.05) is 48.1 Å². The molecule has 1 aliphatic heterocycles. The average Bonchev–Trinajstić information content (AvgIpc) is 3.22. The van der Waals surface area contributed by atoms with Crippen LogP contribution in [-0.2, 0) is 18.3 Å². The van der Waals surface area contributed by atoms with E-state index >= 15 is 0 Å². The number of halogens is 1. The van der Waals surface area contributed by atoms with Crippen molar-refractivity contribution in [1.82, 2.24) is 19.7 Å². The summed E-state index contributed by atoms with van der Waals surface area (Å²) in [5.74, 6) is 0.412. The van der Waals surface area contributed by atoms with E-state index in [1.54, 1.807) is 6.92 Å². The van der Waals surface area contributed by atoms with Crippen LogP contribution < -0.4 is 0 Å². The zero-order valence-corrected chi connectivity index (χ0v) is 19.1. The lowest BCUT2D eigenvalue weighted by Crippen LogP contribution is -2.38. The first-order valence-electron chi connectivity index (χ1n) is 11.4. The van der Waals surface area contributed by atoms with Gasteiger partial charge >= 0.3 is 0 Å². The van der Waals surface area contributed by atoms with Crippen molar-refractivity contribution >= 4 is 5.91 Å². The van der Waals surface area contributed by atoms with Gasteiger partial charge in [-0.3, -0.25) is 14.5 Å². The first kappa shape index (κ1) is 22.2. The number of nitrogens with zero attached hydrogens (tertiary/aromatic N) is 4. The number of amides is 1. The molecule has 0 radical (unpaired) electrons. The Bertz CT molecular complexity index is 1100. The summed E-state index contributed by atoms with van der Waals surface area (Å²) < 4.78 is 15.2. The Kier molecular flexibility index (Phi) is 6.68. The molecule has 1 amide bonds. The maximum atomic E-state index is 13.4. The molecule has 1 saturated heterocycles. The van der Waals surface area contributed by atoms with E-state index in [9.17, 15) is 9.18 Å². The lowest BCUT2D eigenvalue weighted by atomic mass is 9.91. The fraction of sp³-hybridized carbons (Fsp3) is 0.423. The summed E-state index contributed by atoms with van der Waals surface area (Å²) in [5, 5.41) is 4.28. The van der Waals surface area contributed by atoms with Crippen LogP contribution in [0, 0.1) is 19.7 Å². The van der Waals surface area contributed by atoms with Gasteiger partial charge in [-0.05, 0) is 74.4 Å². The number of rotatable bonds is 6. The molecule has 0 unspecified atom stereocenters.